The third-order valence-electron chi connectivity index (χ3n) is 7.04. The maximum absolute atomic E-state index is 13.0. The third kappa shape index (κ3) is 3.44. The van der Waals surface area contributed by atoms with Crippen molar-refractivity contribution in [1.82, 2.24) is 20.1 Å². The summed E-state index contributed by atoms with van der Waals surface area (Å²) in [5, 5.41) is 6.02. The molecule has 2 aromatic heterocycles. The average Bonchev–Trinajstić information content (AvgIpc) is 3.20. The van der Waals surface area contributed by atoms with Crippen molar-refractivity contribution in [3.8, 4) is 0 Å². The summed E-state index contributed by atoms with van der Waals surface area (Å²) in [7, 11) is 0. The highest BCUT2D eigenvalue weighted by molar-refractivity contribution is 7.17. The van der Waals surface area contributed by atoms with Crippen LogP contribution in [0.3, 0.4) is 0 Å². The van der Waals surface area contributed by atoms with Gasteiger partial charge in [0.05, 0.1) is 10.3 Å². The predicted molar refractivity (Wildman–Crippen MR) is 114 cm³/mol. The molecule has 6 nitrogen and oxygen atoms in total. The summed E-state index contributed by atoms with van der Waals surface area (Å²) in [5.74, 6) is 0.514. The number of aromatic nitrogens is 1. The molecule has 6 heterocycles. The SMILES string of the molecule is CC1C(NC(=O)c2cc3c(C(=O)N4CCCCC4)csc3cn2)C2CCN1CC2. The second-order valence-corrected chi connectivity index (χ2v) is 9.59. The highest BCUT2D eigenvalue weighted by Crippen LogP contribution is 2.32. The number of hydrogen-bond acceptors (Lipinski definition) is 5. The summed E-state index contributed by atoms with van der Waals surface area (Å²) in [6.07, 6.45) is 7.38. The fraction of sp³-hybridized carbons (Fsp3) is 0.591. The molecule has 4 aliphatic rings. The molecule has 0 aliphatic carbocycles. The first-order chi connectivity index (χ1) is 14.1. The van der Waals surface area contributed by atoms with Crippen LogP contribution in [0.25, 0.3) is 10.1 Å². The Bertz CT molecular complexity index is 926. The molecule has 4 fully saturated rings. The summed E-state index contributed by atoms with van der Waals surface area (Å²) >= 11 is 1.52. The summed E-state index contributed by atoms with van der Waals surface area (Å²) in [5.41, 5.74) is 1.12. The standard InChI is InChI=1S/C22H28N4O2S/c1-14-20(15-5-9-25(14)10-6-15)24-21(27)18-11-16-17(13-29-19(16)12-23-18)22(28)26-7-3-2-4-8-26/h11-15,20H,2-10H2,1H3,(H,24,27). The molecule has 2 amide bonds. The minimum absolute atomic E-state index is 0.0829. The molecule has 0 radical (unpaired) electrons. The molecule has 0 saturated carbocycles. The molecule has 0 spiro atoms. The van der Waals surface area contributed by atoms with E-state index in [2.05, 4.69) is 22.1 Å². The highest BCUT2D eigenvalue weighted by Gasteiger charge is 2.40. The first-order valence-electron chi connectivity index (χ1n) is 10.8. The molecule has 4 saturated heterocycles. The van der Waals surface area contributed by atoms with Gasteiger partial charge in [-0.15, -0.1) is 11.3 Å². The van der Waals surface area contributed by atoms with Crippen molar-refractivity contribution >= 4 is 33.2 Å². The molecule has 6 rings (SSSR count). The number of piperidine rings is 4. The highest BCUT2D eigenvalue weighted by atomic mass is 32.1. The van der Waals surface area contributed by atoms with Gasteiger partial charge in [-0.05, 0) is 64.1 Å². The normalized spacial score (nSPS) is 29.2. The Morgan fingerprint density at radius 1 is 1.14 bits per heavy atom. The monoisotopic (exact) mass is 412 g/mol. The first-order valence-corrected chi connectivity index (χ1v) is 11.7. The van der Waals surface area contributed by atoms with E-state index in [1.54, 1.807) is 6.20 Å². The Kier molecular flexibility index (Phi) is 5.04. The predicted octanol–water partition coefficient (Wildman–Crippen LogP) is 3.13. The van der Waals surface area contributed by atoms with Crippen LogP contribution in [-0.4, -0.2) is 64.9 Å². The van der Waals surface area contributed by atoms with Crippen molar-refractivity contribution in [2.45, 2.75) is 51.1 Å². The zero-order valence-corrected chi connectivity index (χ0v) is 17.7. The van der Waals surface area contributed by atoms with Crippen molar-refractivity contribution in [3.63, 3.8) is 0 Å². The van der Waals surface area contributed by atoms with Crippen molar-refractivity contribution in [3.05, 3.63) is 28.9 Å². The topological polar surface area (TPSA) is 65.5 Å². The van der Waals surface area contributed by atoms with Crippen LogP contribution in [0.5, 0.6) is 0 Å². The molecule has 7 heteroatoms. The fourth-order valence-corrected chi connectivity index (χ4v) is 6.14. The van der Waals surface area contributed by atoms with Crippen LogP contribution in [0.1, 0.15) is 59.9 Å². The lowest BCUT2D eigenvalue weighted by atomic mass is 9.79. The summed E-state index contributed by atoms with van der Waals surface area (Å²) in [4.78, 5) is 34.8. The molecule has 154 valence electrons. The molecule has 2 bridgehead atoms. The zero-order valence-electron chi connectivity index (χ0n) is 16.9. The maximum atomic E-state index is 13.0. The second-order valence-electron chi connectivity index (χ2n) is 8.68. The van der Waals surface area contributed by atoms with E-state index in [9.17, 15) is 9.59 Å². The van der Waals surface area contributed by atoms with E-state index in [4.69, 9.17) is 0 Å². The third-order valence-corrected chi connectivity index (χ3v) is 7.98. The Labute approximate surface area is 175 Å². The maximum Gasteiger partial charge on any atom is 0.270 e. The number of nitrogens with one attached hydrogen (secondary N) is 1. The van der Waals surface area contributed by atoms with Crippen molar-refractivity contribution in [1.29, 1.82) is 0 Å². The van der Waals surface area contributed by atoms with E-state index < -0.39 is 0 Å². The van der Waals surface area contributed by atoms with Crippen LogP contribution in [0.4, 0.5) is 0 Å². The van der Waals surface area contributed by atoms with Gasteiger partial charge in [-0.1, -0.05) is 0 Å². The van der Waals surface area contributed by atoms with E-state index in [0.29, 0.717) is 23.2 Å². The number of likely N-dealkylation sites (tertiary alicyclic amines) is 1. The number of amides is 2. The zero-order chi connectivity index (χ0) is 20.0. The number of fused-ring (bicyclic) bond motifs is 4. The summed E-state index contributed by atoms with van der Waals surface area (Å²) in [6, 6.07) is 2.36. The minimum Gasteiger partial charge on any atom is -0.346 e. The van der Waals surface area contributed by atoms with E-state index in [1.807, 2.05) is 16.3 Å². The number of carbonyl (C=O) groups is 2. The van der Waals surface area contributed by atoms with E-state index >= 15 is 0 Å². The van der Waals surface area contributed by atoms with Gasteiger partial charge in [-0.25, -0.2) is 4.98 Å². The number of rotatable bonds is 3. The van der Waals surface area contributed by atoms with Crippen molar-refractivity contribution in [2.75, 3.05) is 26.2 Å². The van der Waals surface area contributed by atoms with Gasteiger partial charge in [0.1, 0.15) is 5.69 Å². The number of thiophene rings is 1. The molecule has 2 aromatic rings. The lowest BCUT2D eigenvalue weighted by Crippen LogP contribution is -2.62. The molecular formula is C22H28N4O2S. The Morgan fingerprint density at radius 2 is 1.90 bits per heavy atom. The smallest absolute Gasteiger partial charge is 0.270 e. The van der Waals surface area contributed by atoms with Crippen LogP contribution >= 0.6 is 11.3 Å². The van der Waals surface area contributed by atoms with Crippen LogP contribution in [0.2, 0.25) is 0 Å². The summed E-state index contributed by atoms with van der Waals surface area (Å²) < 4.78 is 0.957. The first kappa shape index (κ1) is 19.0. The van der Waals surface area contributed by atoms with E-state index in [-0.39, 0.29) is 17.9 Å². The van der Waals surface area contributed by atoms with Crippen LogP contribution < -0.4 is 5.32 Å². The summed E-state index contributed by atoms with van der Waals surface area (Å²) in [6.45, 7) is 6.14. The van der Waals surface area contributed by atoms with Crippen molar-refractivity contribution < 1.29 is 9.59 Å². The largest absolute Gasteiger partial charge is 0.346 e. The molecule has 2 unspecified atom stereocenters. The van der Waals surface area contributed by atoms with Crippen molar-refractivity contribution in [2.24, 2.45) is 5.92 Å². The Hall–Kier alpha value is -1.99. The molecule has 29 heavy (non-hydrogen) atoms. The second kappa shape index (κ2) is 7.69. The fourth-order valence-electron chi connectivity index (χ4n) is 5.26. The number of nitrogens with zero attached hydrogens (tertiary/aromatic N) is 3. The van der Waals surface area contributed by atoms with Gasteiger partial charge in [0.25, 0.3) is 11.8 Å². The van der Waals surface area contributed by atoms with Crippen LogP contribution in [-0.2, 0) is 0 Å². The van der Waals surface area contributed by atoms with E-state index in [1.165, 1.54) is 17.8 Å². The number of carbonyl (C=O) groups excluding carboxylic acids is 2. The molecule has 4 aliphatic heterocycles. The van der Waals surface area contributed by atoms with Gasteiger partial charge in [-0.3, -0.25) is 14.5 Å². The van der Waals surface area contributed by atoms with Crippen LogP contribution in [0, 0.1) is 5.92 Å². The molecule has 0 aromatic carbocycles. The van der Waals surface area contributed by atoms with Gasteiger partial charge >= 0.3 is 0 Å². The molecule has 1 N–H and O–H groups in total. The number of pyridine rings is 1. The quantitative estimate of drug-likeness (QED) is 0.841. The van der Waals surface area contributed by atoms with E-state index in [0.717, 1.165) is 61.9 Å². The van der Waals surface area contributed by atoms with Gasteiger partial charge in [0, 0.05) is 42.1 Å². The Morgan fingerprint density at radius 3 is 2.62 bits per heavy atom. The van der Waals surface area contributed by atoms with Gasteiger partial charge in [0.15, 0.2) is 0 Å². The minimum atomic E-state index is -0.125. The van der Waals surface area contributed by atoms with Gasteiger partial charge in [-0.2, -0.15) is 0 Å². The Balaban J connectivity index is 1.38. The molecular weight excluding hydrogens is 384 g/mol. The molecule has 2 atom stereocenters. The average molecular weight is 413 g/mol. The van der Waals surface area contributed by atoms with Crippen LogP contribution in [0.15, 0.2) is 17.6 Å². The van der Waals surface area contributed by atoms with Gasteiger partial charge < -0.3 is 10.2 Å². The lowest BCUT2D eigenvalue weighted by molar-refractivity contribution is 0.0216. The lowest BCUT2D eigenvalue weighted by Gasteiger charge is -2.49. The number of hydrogen-bond donors (Lipinski definition) is 1. The van der Waals surface area contributed by atoms with Gasteiger partial charge in [0.2, 0.25) is 0 Å².